The average molecular weight is 356 g/mol. The van der Waals surface area contributed by atoms with E-state index in [2.05, 4.69) is 25.6 Å². The van der Waals surface area contributed by atoms with Crippen LogP contribution in [0.3, 0.4) is 0 Å². The molecule has 0 radical (unpaired) electrons. The first-order valence-electron chi connectivity index (χ1n) is 5.81. The number of hydrogen-bond acceptors (Lipinski definition) is 4. The lowest BCUT2D eigenvalue weighted by Crippen LogP contribution is -2.14. The third-order valence-electron chi connectivity index (χ3n) is 2.99. The Morgan fingerprint density at radius 1 is 1.30 bits per heavy atom. The van der Waals surface area contributed by atoms with Gasteiger partial charge in [0.25, 0.3) is 10.0 Å². The molecular formula is C13H14BrN3O2S. The van der Waals surface area contributed by atoms with Crippen LogP contribution in [0.5, 0.6) is 0 Å². The SMILES string of the molecule is Cc1cc(S(=O)(=O)Nc2cccnc2Br)cc(N)c1C. The smallest absolute Gasteiger partial charge is 0.262 e. The Bertz CT molecular complexity index is 737. The minimum Gasteiger partial charge on any atom is -0.398 e. The Morgan fingerprint density at radius 3 is 2.60 bits per heavy atom. The number of aromatic nitrogens is 1. The molecule has 1 aromatic carbocycles. The summed E-state index contributed by atoms with van der Waals surface area (Å²) in [5, 5.41) is 0. The highest BCUT2D eigenvalue weighted by atomic mass is 79.9. The topological polar surface area (TPSA) is 85.1 Å². The summed E-state index contributed by atoms with van der Waals surface area (Å²) >= 11 is 3.20. The lowest BCUT2D eigenvalue weighted by atomic mass is 10.1. The van der Waals surface area contributed by atoms with Gasteiger partial charge in [0.05, 0.1) is 10.6 Å². The maximum absolute atomic E-state index is 12.4. The molecule has 7 heteroatoms. The summed E-state index contributed by atoms with van der Waals surface area (Å²) in [6.45, 7) is 3.68. The summed E-state index contributed by atoms with van der Waals surface area (Å²) in [5.41, 5.74) is 8.37. The van der Waals surface area contributed by atoms with Gasteiger partial charge in [-0.1, -0.05) is 0 Å². The lowest BCUT2D eigenvalue weighted by Gasteiger charge is -2.12. The van der Waals surface area contributed by atoms with Crippen molar-refractivity contribution in [3.8, 4) is 0 Å². The van der Waals surface area contributed by atoms with Gasteiger partial charge >= 0.3 is 0 Å². The maximum Gasteiger partial charge on any atom is 0.262 e. The lowest BCUT2D eigenvalue weighted by molar-refractivity contribution is 0.601. The second-order valence-corrected chi connectivity index (χ2v) is 6.84. The van der Waals surface area contributed by atoms with E-state index in [1.165, 1.54) is 6.07 Å². The molecule has 0 saturated heterocycles. The van der Waals surface area contributed by atoms with E-state index in [1.807, 2.05) is 13.8 Å². The molecule has 0 aliphatic carbocycles. The van der Waals surface area contributed by atoms with Crippen molar-refractivity contribution < 1.29 is 8.42 Å². The number of pyridine rings is 1. The zero-order chi connectivity index (χ0) is 14.9. The third-order valence-corrected chi connectivity index (χ3v) is 4.97. The maximum atomic E-state index is 12.4. The van der Waals surface area contributed by atoms with Gasteiger partial charge in [0, 0.05) is 11.9 Å². The summed E-state index contributed by atoms with van der Waals surface area (Å²) < 4.78 is 27.6. The monoisotopic (exact) mass is 355 g/mol. The Labute approximate surface area is 126 Å². The summed E-state index contributed by atoms with van der Waals surface area (Å²) in [6.07, 6.45) is 1.57. The molecule has 2 aromatic rings. The van der Waals surface area contributed by atoms with Crippen LogP contribution in [0.2, 0.25) is 0 Å². The zero-order valence-electron chi connectivity index (χ0n) is 11.0. The molecular weight excluding hydrogens is 342 g/mol. The van der Waals surface area contributed by atoms with Gasteiger partial charge in [-0.3, -0.25) is 4.72 Å². The van der Waals surface area contributed by atoms with Crippen LogP contribution in [-0.2, 0) is 10.0 Å². The number of halogens is 1. The fourth-order valence-electron chi connectivity index (χ4n) is 1.67. The highest BCUT2D eigenvalue weighted by molar-refractivity contribution is 9.10. The van der Waals surface area contributed by atoms with Gasteiger partial charge in [0.2, 0.25) is 0 Å². The van der Waals surface area contributed by atoms with E-state index in [0.717, 1.165) is 11.1 Å². The van der Waals surface area contributed by atoms with Crippen molar-refractivity contribution in [1.29, 1.82) is 0 Å². The van der Waals surface area contributed by atoms with Gasteiger partial charge < -0.3 is 5.73 Å². The molecule has 1 heterocycles. The van der Waals surface area contributed by atoms with E-state index in [0.29, 0.717) is 16.0 Å². The van der Waals surface area contributed by atoms with E-state index >= 15 is 0 Å². The minimum absolute atomic E-state index is 0.133. The number of nitrogen functional groups attached to an aromatic ring is 1. The highest BCUT2D eigenvalue weighted by Crippen LogP contribution is 2.25. The van der Waals surface area contributed by atoms with Crippen molar-refractivity contribution >= 4 is 37.3 Å². The van der Waals surface area contributed by atoms with Crippen molar-refractivity contribution in [2.24, 2.45) is 0 Å². The molecule has 0 spiro atoms. The number of rotatable bonds is 3. The van der Waals surface area contributed by atoms with Crippen molar-refractivity contribution in [2.45, 2.75) is 18.7 Å². The van der Waals surface area contributed by atoms with Crippen LogP contribution in [0.15, 0.2) is 40.0 Å². The number of aryl methyl sites for hydroxylation is 1. The predicted octanol–water partition coefficient (Wildman–Crippen LogP) is 2.84. The normalized spacial score (nSPS) is 11.3. The number of anilines is 2. The van der Waals surface area contributed by atoms with Gasteiger partial charge in [-0.05, 0) is 65.2 Å². The largest absolute Gasteiger partial charge is 0.398 e. The van der Waals surface area contributed by atoms with Crippen LogP contribution in [0.4, 0.5) is 11.4 Å². The molecule has 5 nitrogen and oxygen atoms in total. The Balaban J connectivity index is 2.44. The van der Waals surface area contributed by atoms with Crippen molar-refractivity contribution in [3.05, 3.63) is 46.2 Å². The first kappa shape index (κ1) is 14.8. The molecule has 106 valence electrons. The molecule has 0 aliphatic rings. The summed E-state index contributed by atoms with van der Waals surface area (Å²) in [4.78, 5) is 4.10. The molecule has 0 bridgehead atoms. The third kappa shape index (κ3) is 2.94. The van der Waals surface area contributed by atoms with Crippen LogP contribution in [-0.4, -0.2) is 13.4 Å². The van der Waals surface area contributed by atoms with Crippen LogP contribution in [0.25, 0.3) is 0 Å². The van der Waals surface area contributed by atoms with Gasteiger partial charge in [0.15, 0.2) is 0 Å². The molecule has 0 unspecified atom stereocenters. The molecule has 0 fully saturated rings. The second kappa shape index (κ2) is 5.41. The standard InChI is InChI=1S/C13H14BrN3O2S/c1-8-6-10(7-11(15)9(8)2)20(18,19)17-12-4-3-5-16-13(12)14/h3-7,17H,15H2,1-2H3. The first-order chi connectivity index (χ1) is 9.31. The Morgan fingerprint density at radius 2 is 2.00 bits per heavy atom. The van der Waals surface area contributed by atoms with Gasteiger partial charge in [-0.25, -0.2) is 13.4 Å². The van der Waals surface area contributed by atoms with Crippen LogP contribution >= 0.6 is 15.9 Å². The van der Waals surface area contributed by atoms with Gasteiger partial charge in [0.1, 0.15) is 4.60 Å². The molecule has 0 saturated carbocycles. The Kier molecular flexibility index (Phi) is 4.01. The zero-order valence-corrected chi connectivity index (χ0v) is 13.4. The minimum atomic E-state index is -3.70. The predicted molar refractivity (Wildman–Crippen MR) is 83.1 cm³/mol. The number of nitrogens with two attached hydrogens (primary N) is 1. The van der Waals surface area contributed by atoms with E-state index in [9.17, 15) is 8.42 Å². The molecule has 2 rings (SSSR count). The summed E-state index contributed by atoms with van der Waals surface area (Å²) in [6, 6.07) is 6.32. The molecule has 20 heavy (non-hydrogen) atoms. The second-order valence-electron chi connectivity index (χ2n) is 4.40. The first-order valence-corrected chi connectivity index (χ1v) is 8.09. The van der Waals surface area contributed by atoms with Crippen molar-refractivity contribution in [2.75, 3.05) is 10.5 Å². The quantitative estimate of drug-likeness (QED) is 0.654. The van der Waals surface area contributed by atoms with E-state index in [-0.39, 0.29) is 4.90 Å². The molecule has 1 aromatic heterocycles. The number of nitrogens with one attached hydrogen (secondary N) is 1. The fraction of sp³-hybridized carbons (Fsp3) is 0.154. The van der Waals surface area contributed by atoms with E-state index in [1.54, 1.807) is 24.4 Å². The fourth-order valence-corrected chi connectivity index (χ4v) is 3.34. The van der Waals surface area contributed by atoms with Crippen LogP contribution in [0, 0.1) is 13.8 Å². The molecule has 0 atom stereocenters. The van der Waals surface area contributed by atoms with Crippen molar-refractivity contribution in [1.82, 2.24) is 4.98 Å². The molecule has 0 aliphatic heterocycles. The number of hydrogen-bond donors (Lipinski definition) is 2. The highest BCUT2D eigenvalue weighted by Gasteiger charge is 2.17. The molecule has 3 N–H and O–H groups in total. The van der Waals surface area contributed by atoms with E-state index in [4.69, 9.17) is 5.73 Å². The van der Waals surface area contributed by atoms with Crippen molar-refractivity contribution in [3.63, 3.8) is 0 Å². The van der Waals surface area contributed by atoms with Crippen LogP contribution in [0.1, 0.15) is 11.1 Å². The number of benzene rings is 1. The Hall–Kier alpha value is -1.60. The molecule has 0 amide bonds. The number of sulfonamides is 1. The summed E-state index contributed by atoms with van der Waals surface area (Å²) in [7, 11) is -3.70. The van der Waals surface area contributed by atoms with Crippen LogP contribution < -0.4 is 10.5 Å². The number of nitrogens with zero attached hydrogens (tertiary/aromatic N) is 1. The average Bonchev–Trinajstić information content (AvgIpc) is 2.38. The van der Waals surface area contributed by atoms with Gasteiger partial charge in [-0.2, -0.15) is 0 Å². The van der Waals surface area contributed by atoms with Gasteiger partial charge in [-0.15, -0.1) is 0 Å². The van der Waals surface area contributed by atoms with E-state index < -0.39 is 10.0 Å². The summed E-state index contributed by atoms with van der Waals surface area (Å²) in [5.74, 6) is 0.